The van der Waals surface area contributed by atoms with Gasteiger partial charge in [0.15, 0.2) is 11.5 Å². The molecule has 1 unspecified atom stereocenters. The average Bonchev–Trinajstić information content (AvgIpc) is 3.92. The topological polar surface area (TPSA) is 247 Å². The lowest BCUT2D eigenvalue weighted by molar-refractivity contribution is -0.386. The Hall–Kier alpha value is -6.60. The highest BCUT2D eigenvalue weighted by molar-refractivity contribution is 8.00. The number of nitrogens with one attached hydrogen (secondary N) is 5. The van der Waals surface area contributed by atoms with Gasteiger partial charge in [-0.25, -0.2) is 9.59 Å². The first-order valence-corrected chi connectivity index (χ1v) is 24.9. The highest BCUT2D eigenvalue weighted by atomic mass is 32.2. The molecular weight excluding hydrogens is 939 g/mol. The van der Waals surface area contributed by atoms with E-state index in [1.807, 2.05) is 60.3 Å². The Morgan fingerprint density at radius 3 is 2.18 bits per heavy atom. The first-order chi connectivity index (χ1) is 34.5. The summed E-state index contributed by atoms with van der Waals surface area (Å²) in [6.07, 6.45) is 1.63. The Bertz CT molecular complexity index is 2380. The monoisotopic (exact) mass is 1000 g/mol. The van der Waals surface area contributed by atoms with Crippen molar-refractivity contribution in [3.05, 3.63) is 93.0 Å². The number of urea groups is 1. The molecular formula is C50H63N7O13S. The van der Waals surface area contributed by atoms with Gasteiger partial charge in [-0.1, -0.05) is 48.6 Å². The molecule has 5 N–H and O–H groups in total. The van der Waals surface area contributed by atoms with E-state index in [1.165, 1.54) is 26.2 Å². The Morgan fingerprint density at radius 2 is 1.46 bits per heavy atom. The van der Waals surface area contributed by atoms with Crippen LogP contribution in [0.15, 0.2) is 60.7 Å². The molecule has 3 heterocycles. The van der Waals surface area contributed by atoms with Gasteiger partial charge in [-0.15, -0.1) is 0 Å². The van der Waals surface area contributed by atoms with Crippen LogP contribution in [0.5, 0.6) is 11.5 Å². The number of methoxy groups -OCH3 is 1. The van der Waals surface area contributed by atoms with Gasteiger partial charge in [-0.05, 0) is 56.0 Å². The molecule has 71 heavy (non-hydrogen) atoms. The largest absolute Gasteiger partial charge is 0.493 e. The molecule has 6 amide bonds. The third kappa shape index (κ3) is 16.8. The zero-order valence-corrected chi connectivity index (χ0v) is 40.9. The van der Waals surface area contributed by atoms with E-state index >= 15 is 0 Å². The van der Waals surface area contributed by atoms with Gasteiger partial charge in [0.25, 0.3) is 5.69 Å². The maximum atomic E-state index is 13.5. The van der Waals surface area contributed by atoms with Crippen LogP contribution < -0.4 is 41.0 Å². The van der Waals surface area contributed by atoms with Crippen molar-refractivity contribution in [3.8, 4) is 23.3 Å². The van der Waals surface area contributed by atoms with Gasteiger partial charge in [-0.2, -0.15) is 11.8 Å². The predicted octanol–water partition coefficient (Wildman–Crippen LogP) is 4.89. The van der Waals surface area contributed by atoms with Crippen molar-refractivity contribution in [1.29, 1.82) is 0 Å². The molecule has 3 aliphatic rings. The zero-order chi connectivity index (χ0) is 50.4. The first kappa shape index (κ1) is 53.7. The zero-order valence-electron chi connectivity index (χ0n) is 40.1. The van der Waals surface area contributed by atoms with Crippen molar-refractivity contribution in [1.82, 2.24) is 26.6 Å². The van der Waals surface area contributed by atoms with Crippen LogP contribution in [0.3, 0.4) is 0 Å². The second-order valence-corrected chi connectivity index (χ2v) is 18.1. The molecule has 0 saturated carbocycles. The molecule has 0 aromatic heterocycles. The number of rotatable bonds is 29. The molecule has 0 bridgehead atoms. The number of nitro groups is 1. The fourth-order valence-corrected chi connectivity index (χ4v) is 9.68. The van der Waals surface area contributed by atoms with Crippen molar-refractivity contribution in [2.45, 2.75) is 81.9 Å². The Morgan fingerprint density at radius 1 is 0.803 bits per heavy atom. The van der Waals surface area contributed by atoms with Crippen LogP contribution in [0.1, 0.15) is 80.2 Å². The number of unbranched alkanes of at least 4 members (excludes halogenated alkanes) is 1. The van der Waals surface area contributed by atoms with Gasteiger partial charge in [0, 0.05) is 61.0 Å². The number of thioether (sulfide) groups is 1. The second-order valence-electron chi connectivity index (χ2n) is 16.8. The fourth-order valence-electron chi connectivity index (χ4n) is 8.13. The fraction of sp³-hybridized carbons (Fsp3) is 0.500. The Balaban J connectivity index is 0.782. The van der Waals surface area contributed by atoms with Crippen LogP contribution in [0.4, 0.5) is 21.0 Å². The number of nitro benzene ring substituents is 1. The average molecular weight is 1000 g/mol. The van der Waals surface area contributed by atoms with E-state index in [4.69, 9.17) is 28.4 Å². The minimum Gasteiger partial charge on any atom is -0.493 e. The predicted molar refractivity (Wildman–Crippen MR) is 264 cm³/mol. The lowest BCUT2D eigenvalue weighted by Crippen LogP contribution is -2.36. The van der Waals surface area contributed by atoms with Crippen LogP contribution in [-0.2, 0) is 39.9 Å². The highest BCUT2D eigenvalue weighted by Crippen LogP contribution is 2.39. The molecule has 3 aromatic rings. The number of fused-ring (bicyclic) bond motifs is 3. The van der Waals surface area contributed by atoms with E-state index in [2.05, 4.69) is 38.4 Å². The summed E-state index contributed by atoms with van der Waals surface area (Å²) in [5.74, 6) is 7.06. The van der Waals surface area contributed by atoms with Gasteiger partial charge in [0.1, 0.15) is 6.10 Å². The molecule has 0 aliphatic carbocycles. The van der Waals surface area contributed by atoms with Crippen LogP contribution in [0.25, 0.3) is 0 Å². The summed E-state index contributed by atoms with van der Waals surface area (Å²) in [7, 11) is 1.37. The third-order valence-electron chi connectivity index (χ3n) is 11.8. The van der Waals surface area contributed by atoms with Gasteiger partial charge in [0.2, 0.25) is 17.7 Å². The summed E-state index contributed by atoms with van der Waals surface area (Å²) in [6, 6.07) is 17.9. The van der Waals surface area contributed by atoms with Crippen LogP contribution >= 0.6 is 11.8 Å². The molecule has 21 heteroatoms. The van der Waals surface area contributed by atoms with E-state index in [-0.39, 0.29) is 91.2 Å². The van der Waals surface area contributed by atoms with Gasteiger partial charge >= 0.3 is 12.1 Å². The lowest BCUT2D eigenvalue weighted by atomic mass is 10.0. The number of ether oxygens (including phenoxy) is 6. The SMILES string of the molecule is COc1cc(C(C)OC(=O)NCCC(=O)N2Cc3ccccc3C#Cc3ccccc32)c([N+](=O)[O-])cc1OCCCC(=O)NCCOCCOCCOCCNC(=O)CCCC[C@@H]1SC[C@@H]2NC(=O)N[C@@H]21. The summed E-state index contributed by atoms with van der Waals surface area (Å²) >= 11 is 1.88. The number of alkyl carbamates (subject to hydrolysis) is 1. The highest BCUT2D eigenvalue weighted by Gasteiger charge is 2.42. The molecule has 382 valence electrons. The van der Waals surface area contributed by atoms with Crippen LogP contribution in [0.2, 0.25) is 0 Å². The van der Waals surface area contributed by atoms with Gasteiger partial charge in [0.05, 0.1) is 94.2 Å². The Labute approximate surface area is 417 Å². The van der Waals surface area contributed by atoms with E-state index < -0.39 is 17.1 Å². The number of carbonyl (C=O) groups excluding carboxylic acids is 5. The molecule has 3 aromatic carbocycles. The third-order valence-corrected chi connectivity index (χ3v) is 13.3. The number of benzene rings is 3. The normalized spacial score (nSPS) is 16.8. The molecule has 0 spiro atoms. The van der Waals surface area contributed by atoms with E-state index in [0.29, 0.717) is 82.0 Å². The maximum Gasteiger partial charge on any atom is 0.407 e. The number of amides is 6. The standard InChI is InChI=1S/C50H63N7O13S/c1-34(70-50(62)53-20-19-47(60)56-32-37-12-4-3-10-35(37)17-18-36-11-5-6-13-40(36)56)38-30-42(65-2)43(31-41(38)57(63)64)69-23-9-16-46(59)52-22-25-67-27-29-68-28-26-66-24-21-51-45(58)15-8-7-14-44-48-39(33-71-44)54-49(61)55-48/h3-6,10-13,30-31,34,39,44,48H,7-9,14-16,19-29,32-33H2,1-2H3,(H,51,58)(H,52,59)(H,53,62)(H2,54,55,61)/t34?,39-,44-,48-/m0/s1. The van der Waals surface area contributed by atoms with Crippen molar-refractivity contribution in [2.75, 3.05) is 83.6 Å². The molecule has 0 radical (unpaired) electrons. The smallest absolute Gasteiger partial charge is 0.407 e. The second kappa shape index (κ2) is 28.3. The summed E-state index contributed by atoms with van der Waals surface area (Å²) < 4.78 is 33.3. The first-order valence-electron chi connectivity index (χ1n) is 23.9. The quantitative estimate of drug-likeness (QED) is 0.0204. The number of hydrogen-bond acceptors (Lipinski definition) is 14. The molecule has 6 rings (SSSR count). The number of hydrogen-bond donors (Lipinski definition) is 5. The summed E-state index contributed by atoms with van der Waals surface area (Å²) in [5, 5.41) is 26.7. The van der Waals surface area contributed by atoms with Crippen molar-refractivity contribution >= 4 is 53.0 Å². The lowest BCUT2D eigenvalue weighted by Gasteiger charge is -2.26. The van der Waals surface area contributed by atoms with E-state index in [0.717, 1.165) is 36.1 Å². The number of nitrogens with zero attached hydrogens (tertiary/aromatic N) is 2. The van der Waals surface area contributed by atoms with Crippen LogP contribution in [0, 0.1) is 22.0 Å². The molecule has 20 nitrogen and oxygen atoms in total. The summed E-state index contributed by atoms with van der Waals surface area (Å²) in [5.41, 5.74) is 2.80. The number of anilines is 1. The van der Waals surface area contributed by atoms with E-state index in [1.54, 1.807) is 4.90 Å². The van der Waals surface area contributed by atoms with Gasteiger partial charge < -0.3 is 59.9 Å². The molecule has 3 aliphatic heterocycles. The summed E-state index contributed by atoms with van der Waals surface area (Å²) in [6.45, 7) is 4.62. The minimum absolute atomic E-state index is 0.00195. The maximum absolute atomic E-state index is 13.5. The van der Waals surface area contributed by atoms with E-state index in [9.17, 15) is 34.1 Å². The summed E-state index contributed by atoms with van der Waals surface area (Å²) in [4.78, 5) is 75.6. The molecule has 2 saturated heterocycles. The minimum atomic E-state index is -1.08. The van der Waals surface area contributed by atoms with Crippen molar-refractivity contribution in [3.63, 3.8) is 0 Å². The van der Waals surface area contributed by atoms with Crippen LogP contribution in [-0.4, -0.2) is 131 Å². The number of para-hydroxylation sites is 1. The molecule has 2 fully saturated rings. The number of carbonyl (C=O) groups is 5. The molecule has 4 atom stereocenters. The van der Waals surface area contributed by atoms with Crippen molar-refractivity contribution in [2.24, 2.45) is 0 Å². The van der Waals surface area contributed by atoms with Crippen molar-refractivity contribution < 1.29 is 57.3 Å². The Kier molecular flexibility index (Phi) is 21.4. The van der Waals surface area contributed by atoms with Gasteiger partial charge in [-0.3, -0.25) is 24.5 Å².